The minimum absolute atomic E-state index is 0.173. The van der Waals surface area contributed by atoms with E-state index in [1.165, 1.54) is 7.05 Å². The fourth-order valence-electron chi connectivity index (χ4n) is 2.00. The second kappa shape index (κ2) is 4.26. The van der Waals surface area contributed by atoms with Crippen LogP contribution in [0.2, 0.25) is 0 Å². The molecule has 1 aromatic carbocycles. The third-order valence-corrected chi connectivity index (χ3v) is 2.76. The summed E-state index contributed by atoms with van der Waals surface area (Å²) in [6, 6.07) is 7.13. The molecule has 0 radical (unpaired) electrons. The lowest BCUT2D eigenvalue weighted by Gasteiger charge is -2.02. The smallest absolute Gasteiger partial charge is 0.255 e. The van der Waals surface area contributed by atoms with Gasteiger partial charge in [-0.1, -0.05) is 24.3 Å². The van der Waals surface area contributed by atoms with Crippen LogP contribution in [0.15, 0.2) is 29.8 Å². The Morgan fingerprint density at radius 3 is 2.59 bits per heavy atom. The molecule has 0 saturated carbocycles. The normalized spacial score (nSPS) is 13.3. The van der Waals surface area contributed by atoms with Crippen LogP contribution >= 0.6 is 0 Å². The molecule has 0 unspecified atom stereocenters. The van der Waals surface area contributed by atoms with E-state index in [1.807, 2.05) is 12.1 Å². The van der Waals surface area contributed by atoms with Crippen molar-refractivity contribution in [2.24, 2.45) is 0 Å². The molecule has 84 valence electrons. The molecule has 1 aliphatic rings. The van der Waals surface area contributed by atoms with E-state index >= 15 is 0 Å². The van der Waals surface area contributed by atoms with Crippen molar-refractivity contribution in [2.45, 2.75) is 6.42 Å². The molecule has 0 heterocycles. The van der Waals surface area contributed by atoms with E-state index in [9.17, 15) is 9.59 Å². The Morgan fingerprint density at radius 2 is 2.00 bits per heavy atom. The summed E-state index contributed by atoms with van der Waals surface area (Å²) in [7, 11) is 1.50. The van der Waals surface area contributed by atoms with Gasteiger partial charge in [0.1, 0.15) is 0 Å². The van der Waals surface area contributed by atoms with Crippen molar-refractivity contribution in [3.63, 3.8) is 0 Å². The molecular weight excluding hydrogens is 214 g/mol. The number of allylic oxidation sites excluding steroid dienone is 1. The summed E-state index contributed by atoms with van der Waals surface area (Å²) in [5, 5.41) is 2.47. The van der Waals surface area contributed by atoms with Crippen LogP contribution in [0.5, 0.6) is 0 Å². The molecule has 0 bridgehead atoms. The van der Waals surface area contributed by atoms with Crippen molar-refractivity contribution < 1.29 is 9.59 Å². The molecule has 1 aliphatic carbocycles. The molecule has 0 aliphatic heterocycles. The molecule has 0 fully saturated rings. The van der Waals surface area contributed by atoms with E-state index in [-0.39, 0.29) is 23.7 Å². The maximum Gasteiger partial charge on any atom is 0.255 e. The second-order valence-electron chi connectivity index (χ2n) is 3.69. The van der Waals surface area contributed by atoms with Crippen LogP contribution in [0.3, 0.4) is 0 Å². The summed E-state index contributed by atoms with van der Waals surface area (Å²) < 4.78 is 0. The molecule has 0 saturated heterocycles. The third-order valence-electron chi connectivity index (χ3n) is 2.76. The fraction of sp³-hybridized carbons (Fsp3) is 0.143. The Bertz CT molecular complexity index is 576. The summed E-state index contributed by atoms with van der Waals surface area (Å²) in [6.07, 6.45) is 5.57. The van der Waals surface area contributed by atoms with Gasteiger partial charge in [-0.25, -0.2) is 0 Å². The van der Waals surface area contributed by atoms with Gasteiger partial charge in [-0.15, -0.1) is 12.3 Å². The van der Waals surface area contributed by atoms with Crippen molar-refractivity contribution in [1.29, 1.82) is 0 Å². The lowest BCUT2D eigenvalue weighted by molar-refractivity contribution is -0.116. The van der Waals surface area contributed by atoms with E-state index in [1.54, 1.807) is 12.1 Å². The molecule has 1 N–H and O–H groups in total. The molecule has 1 amide bonds. The number of ketones is 1. The van der Waals surface area contributed by atoms with Gasteiger partial charge in [-0.2, -0.15) is 0 Å². The van der Waals surface area contributed by atoms with Gasteiger partial charge in [0.05, 0.1) is 5.57 Å². The van der Waals surface area contributed by atoms with Crippen LogP contribution in [0.1, 0.15) is 22.3 Å². The molecule has 1 aromatic rings. The number of carbonyl (C=O) groups excluding carboxylic acids is 2. The number of likely N-dealkylation sites (N-methyl/N-ethyl adjacent to an activating group) is 1. The Balaban J connectivity index is 2.63. The van der Waals surface area contributed by atoms with Gasteiger partial charge in [0, 0.05) is 19.0 Å². The van der Waals surface area contributed by atoms with Gasteiger partial charge < -0.3 is 5.32 Å². The first-order valence-electron chi connectivity index (χ1n) is 5.23. The zero-order valence-corrected chi connectivity index (χ0v) is 9.41. The van der Waals surface area contributed by atoms with Crippen LogP contribution in [-0.4, -0.2) is 18.7 Å². The quantitative estimate of drug-likeness (QED) is 0.611. The van der Waals surface area contributed by atoms with Crippen LogP contribution < -0.4 is 5.32 Å². The molecular formula is C14H11NO2. The van der Waals surface area contributed by atoms with Gasteiger partial charge in [-0.3, -0.25) is 9.59 Å². The minimum atomic E-state index is -0.378. The summed E-state index contributed by atoms with van der Waals surface area (Å²) in [5.41, 5.74) is 2.14. The largest absolute Gasteiger partial charge is 0.355 e. The average Bonchev–Trinajstić information content (AvgIpc) is 2.63. The van der Waals surface area contributed by atoms with E-state index in [4.69, 9.17) is 6.42 Å². The Hall–Kier alpha value is -2.34. The highest BCUT2D eigenvalue weighted by atomic mass is 16.2. The van der Waals surface area contributed by atoms with Crippen molar-refractivity contribution in [3.05, 3.63) is 41.0 Å². The standard InChI is InChI=1S/C14H11NO2/c1-3-6-10-9-7-4-5-8-11(9)13(16)12(10)14(17)15-2/h1,4-5,7-8H,6H2,2H3,(H,15,17). The Morgan fingerprint density at radius 1 is 1.35 bits per heavy atom. The number of fused-ring (bicyclic) bond motifs is 1. The molecule has 3 heteroatoms. The first kappa shape index (κ1) is 11.2. The molecule has 2 rings (SSSR count). The highest BCUT2D eigenvalue weighted by Crippen LogP contribution is 2.34. The summed E-state index contributed by atoms with van der Waals surface area (Å²) in [5.74, 6) is 1.87. The predicted molar refractivity (Wildman–Crippen MR) is 65.2 cm³/mol. The predicted octanol–water partition coefficient (Wildman–Crippen LogP) is 1.41. The number of carbonyl (C=O) groups is 2. The van der Waals surface area contributed by atoms with Crippen LogP contribution in [-0.2, 0) is 4.79 Å². The van der Waals surface area contributed by atoms with E-state index in [0.29, 0.717) is 11.1 Å². The van der Waals surface area contributed by atoms with Crippen LogP contribution in [0.25, 0.3) is 5.57 Å². The topological polar surface area (TPSA) is 46.2 Å². The van der Waals surface area contributed by atoms with Crippen LogP contribution in [0, 0.1) is 12.3 Å². The number of nitrogens with one attached hydrogen (secondary N) is 1. The number of rotatable bonds is 2. The first-order chi connectivity index (χ1) is 8.20. The lowest BCUT2D eigenvalue weighted by Crippen LogP contribution is -2.23. The van der Waals surface area contributed by atoms with Crippen LogP contribution in [0.4, 0.5) is 0 Å². The van der Waals surface area contributed by atoms with Crippen molar-refractivity contribution >= 4 is 17.3 Å². The first-order valence-corrected chi connectivity index (χ1v) is 5.23. The average molecular weight is 225 g/mol. The van der Waals surface area contributed by atoms with Gasteiger partial charge in [0.2, 0.25) is 0 Å². The SMILES string of the molecule is C#CCC1=C(C(=O)NC)C(=O)c2ccccc21. The van der Waals surface area contributed by atoms with E-state index in [0.717, 1.165) is 5.56 Å². The molecule has 17 heavy (non-hydrogen) atoms. The summed E-state index contributed by atoms with van der Waals surface area (Å²) in [6.45, 7) is 0. The van der Waals surface area contributed by atoms with Crippen molar-refractivity contribution in [1.82, 2.24) is 5.32 Å². The lowest BCUT2D eigenvalue weighted by atomic mass is 10.0. The monoisotopic (exact) mass is 225 g/mol. The minimum Gasteiger partial charge on any atom is -0.355 e. The molecule has 0 atom stereocenters. The third kappa shape index (κ3) is 1.64. The number of hydrogen-bond donors (Lipinski definition) is 1. The zero-order valence-electron chi connectivity index (χ0n) is 9.41. The molecule has 0 aromatic heterocycles. The van der Waals surface area contributed by atoms with E-state index in [2.05, 4.69) is 11.2 Å². The maximum atomic E-state index is 12.1. The number of hydrogen-bond acceptors (Lipinski definition) is 2. The van der Waals surface area contributed by atoms with E-state index < -0.39 is 0 Å². The van der Waals surface area contributed by atoms with Gasteiger partial charge in [-0.05, 0) is 11.1 Å². The Labute approximate surface area is 99.5 Å². The maximum absolute atomic E-state index is 12.1. The summed E-state index contributed by atoms with van der Waals surface area (Å²) >= 11 is 0. The van der Waals surface area contributed by atoms with Gasteiger partial charge in [0.25, 0.3) is 5.91 Å². The number of amides is 1. The molecule has 3 nitrogen and oxygen atoms in total. The highest BCUT2D eigenvalue weighted by molar-refractivity contribution is 6.34. The zero-order chi connectivity index (χ0) is 12.4. The Kier molecular flexibility index (Phi) is 2.80. The van der Waals surface area contributed by atoms with Gasteiger partial charge >= 0.3 is 0 Å². The highest BCUT2D eigenvalue weighted by Gasteiger charge is 2.32. The van der Waals surface area contributed by atoms with Gasteiger partial charge in [0.15, 0.2) is 5.78 Å². The second-order valence-corrected chi connectivity index (χ2v) is 3.69. The fourth-order valence-corrected chi connectivity index (χ4v) is 2.00. The molecule has 0 spiro atoms. The van der Waals surface area contributed by atoms with Crippen molar-refractivity contribution in [2.75, 3.05) is 7.05 Å². The summed E-state index contributed by atoms with van der Waals surface area (Å²) in [4.78, 5) is 23.8. The number of benzene rings is 1. The number of terminal acetylenes is 1. The number of Topliss-reactive ketones (excluding diaryl/α,β-unsaturated/α-hetero) is 1. The van der Waals surface area contributed by atoms with Crippen molar-refractivity contribution in [3.8, 4) is 12.3 Å².